The van der Waals surface area contributed by atoms with Gasteiger partial charge in [-0.2, -0.15) is 5.10 Å². The number of carbonyl (C=O) groups is 4. The summed E-state index contributed by atoms with van der Waals surface area (Å²) in [6.07, 6.45) is 4.14. The summed E-state index contributed by atoms with van der Waals surface area (Å²) in [7, 11) is 0. The average Bonchev–Trinajstić information content (AvgIpc) is 2.99. The first kappa shape index (κ1) is 29.9. The second kappa shape index (κ2) is 14.5. The lowest BCUT2D eigenvalue weighted by atomic mass is 10.1. The van der Waals surface area contributed by atoms with Crippen LogP contribution in [-0.4, -0.2) is 29.9 Å². The fraction of sp³-hybridized carbons (Fsp3) is 0. The standard InChI is InChI=1S/C31H22BrClN4O5/c32-22-11-16-27(42-28(38)17-10-20-6-2-1-3-7-20)21(18-22)19-34-37-31(41)30(40)36-26-9-5-4-8-25(26)29(39)35-24-14-12-23(33)13-15-24/h1-19H,(H,35,39)(H,36,40)(H,37,41)/b17-10+,34-19-. The number of ether oxygens (including phenoxy) is 1. The number of benzene rings is 4. The van der Waals surface area contributed by atoms with Crippen LogP contribution in [0.2, 0.25) is 5.02 Å². The number of halogens is 2. The second-order valence-electron chi connectivity index (χ2n) is 8.51. The predicted molar refractivity (Wildman–Crippen MR) is 165 cm³/mol. The summed E-state index contributed by atoms with van der Waals surface area (Å²) < 4.78 is 6.08. The number of esters is 1. The summed E-state index contributed by atoms with van der Waals surface area (Å²) >= 11 is 9.22. The highest BCUT2D eigenvalue weighted by Gasteiger charge is 2.18. The van der Waals surface area contributed by atoms with Crippen LogP contribution in [0.4, 0.5) is 11.4 Å². The van der Waals surface area contributed by atoms with Crippen LogP contribution in [0.5, 0.6) is 5.75 Å². The van der Waals surface area contributed by atoms with E-state index in [-0.39, 0.29) is 17.0 Å². The first-order valence-corrected chi connectivity index (χ1v) is 13.5. The van der Waals surface area contributed by atoms with Crippen LogP contribution in [0.15, 0.2) is 113 Å². The molecule has 9 nitrogen and oxygen atoms in total. The molecule has 4 rings (SSSR count). The lowest BCUT2D eigenvalue weighted by Gasteiger charge is -2.11. The van der Waals surface area contributed by atoms with E-state index < -0.39 is 23.7 Å². The lowest BCUT2D eigenvalue weighted by molar-refractivity contribution is -0.136. The van der Waals surface area contributed by atoms with Crippen molar-refractivity contribution in [2.45, 2.75) is 0 Å². The van der Waals surface area contributed by atoms with Crippen molar-refractivity contribution in [1.82, 2.24) is 5.43 Å². The maximum Gasteiger partial charge on any atom is 0.336 e. The molecule has 0 aliphatic heterocycles. The fourth-order valence-corrected chi connectivity index (χ4v) is 4.00. The number of rotatable bonds is 8. The van der Waals surface area contributed by atoms with E-state index in [1.165, 1.54) is 24.4 Å². The van der Waals surface area contributed by atoms with Gasteiger partial charge in [-0.25, -0.2) is 10.2 Å². The average molecular weight is 646 g/mol. The Morgan fingerprint density at radius 2 is 1.52 bits per heavy atom. The number of nitrogens with one attached hydrogen (secondary N) is 3. The van der Waals surface area contributed by atoms with Gasteiger partial charge < -0.3 is 15.4 Å². The molecule has 4 aromatic rings. The molecule has 3 N–H and O–H groups in total. The minimum Gasteiger partial charge on any atom is -0.423 e. The van der Waals surface area contributed by atoms with Crippen molar-refractivity contribution in [1.29, 1.82) is 0 Å². The maximum absolute atomic E-state index is 12.8. The van der Waals surface area contributed by atoms with E-state index in [0.29, 0.717) is 20.7 Å². The van der Waals surface area contributed by atoms with Gasteiger partial charge in [0, 0.05) is 26.8 Å². The van der Waals surface area contributed by atoms with Crippen molar-refractivity contribution in [3.05, 3.63) is 129 Å². The van der Waals surface area contributed by atoms with Crippen molar-refractivity contribution >= 4 is 74.9 Å². The summed E-state index contributed by atoms with van der Waals surface area (Å²) in [6.45, 7) is 0. The van der Waals surface area contributed by atoms with Crippen LogP contribution in [0, 0.1) is 0 Å². The number of amides is 3. The first-order chi connectivity index (χ1) is 20.3. The normalized spacial score (nSPS) is 10.8. The van der Waals surface area contributed by atoms with Gasteiger partial charge in [-0.1, -0.05) is 70.0 Å². The van der Waals surface area contributed by atoms with Gasteiger partial charge in [0.15, 0.2) is 0 Å². The van der Waals surface area contributed by atoms with Crippen molar-refractivity contribution in [2.75, 3.05) is 10.6 Å². The molecule has 0 heterocycles. The molecule has 0 radical (unpaired) electrons. The van der Waals surface area contributed by atoms with Crippen LogP contribution in [-0.2, 0) is 14.4 Å². The Hall–Kier alpha value is -5.06. The molecule has 0 aromatic heterocycles. The molecular weight excluding hydrogens is 624 g/mol. The second-order valence-corrected chi connectivity index (χ2v) is 9.86. The van der Waals surface area contributed by atoms with Gasteiger partial charge in [-0.15, -0.1) is 0 Å². The molecular formula is C31H22BrClN4O5. The van der Waals surface area contributed by atoms with E-state index in [9.17, 15) is 19.2 Å². The molecule has 3 amide bonds. The molecule has 0 spiro atoms. The van der Waals surface area contributed by atoms with E-state index in [4.69, 9.17) is 16.3 Å². The molecule has 0 aliphatic rings. The molecule has 11 heteroatoms. The van der Waals surface area contributed by atoms with E-state index in [1.807, 2.05) is 30.3 Å². The molecule has 42 heavy (non-hydrogen) atoms. The van der Waals surface area contributed by atoms with Gasteiger partial charge in [0.1, 0.15) is 5.75 Å². The third-order valence-corrected chi connectivity index (χ3v) is 6.24. The molecule has 0 saturated carbocycles. The van der Waals surface area contributed by atoms with Gasteiger partial charge in [-0.05, 0) is 66.2 Å². The van der Waals surface area contributed by atoms with Crippen molar-refractivity contribution in [2.24, 2.45) is 5.10 Å². The molecule has 0 atom stereocenters. The van der Waals surface area contributed by atoms with Gasteiger partial charge in [0.25, 0.3) is 5.91 Å². The smallest absolute Gasteiger partial charge is 0.336 e. The monoisotopic (exact) mass is 644 g/mol. The van der Waals surface area contributed by atoms with Crippen LogP contribution < -0.4 is 20.8 Å². The molecule has 4 aromatic carbocycles. The van der Waals surface area contributed by atoms with Gasteiger partial charge in [0.05, 0.1) is 17.5 Å². The van der Waals surface area contributed by atoms with Crippen molar-refractivity contribution in [3.8, 4) is 5.75 Å². The number of hydrogen-bond acceptors (Lipinski definition) is 6. The topological polar surface area (TPSA) is 126 Å². The summed E-state index contributed by atoms with van der Waals surface area (Å²) in [6, 6.07) is 26.8. The van der Waals surface area contributed by atoms with E-state index in [2.05, 4.69) is 37.1 Å². The molecule has 0 fully saturated rings. The Kier molecular flexibility index (Phi) is 10.4. The van der Waals surface area contributed by atoms with Crippen LogP contribution in [0.3, 0.4) is 0 Å². The van der Waals surface area contributed by atoms with Crippen LogP contribution >= 0.6 is 27.5 Å². The van der Waals surface area contributed by atoms with Gasteiger partial charge in [0.2, 0.25) is 0 Å². The zero-order valence-electron chi connectivity index (χ0n) is 21.7. The molecule has 210 valence electrons. The third kappa shape index (κ3) is 8.72. The Morgan fingerprint density at radius 1 is 0.810 bits per heavy atom. The number of anilines is 2. The van der Waals surface area contributed by atoms with E-state index in [0.717, 1.165) is 5.56 Å². The molecule has 0 aliphatic carbocycles. The highest BCUT2D eigenvalue weighted by molar-refractivity contribution is 9.10. The third-order valence-electron chi connectivity index (χ3n) is 5.49. The zero-order chi connectivity index (χ0) is 29.9. The van der Waals surface area contributed by atoms with Crippen molar-refractivity contribution in [3.63, 3.8) is 0 Å². The minimum absolute atomic E-state index is 0.123. The number of nitrogens with zero attached hydrogens (tertiary/aromatic N) is 1. The Labute approximate surface area is 254 Å². The Morgan fingerprint density at radius 3 is 2.29 bits per heavy atom. The summed E-state index contributed by atoms with van der Waals surface area (Å²) in [5, 5.41) is 9.46. The molecule has 0 saturated heterocycles. The van der Waals surface area contributed by atoms with Gasteiger partial charge in [-0.3, -0.25) is 14.4 Å². The van der Waals surface area contributed by atoms with E-state index >= 15 is 0 Å². The lowest BCUT2D eigenvalue weighted by Crippen LogP contribution is -2.33. The maximum atomic E-state index is 12.8. The summed E-state index contributed by atoms with van der Waals surface area (Å²) in [5.74, 6) is -3.06. The first-order valence-electron chi connectivity index (χ1n) is 12.3. The van der Waals surface area contributed by atoms with E-state index in [1.54, 1.807) is 60.7 Å². The number of para-hydroxylation sites is 1. The number of hydrogen-bond donors (Lipinski definition) is 3. The summed E-state index contributed by atoms with van der Waals surface area (Å²) in [4.78, 5) is 50.1. The van der Waals surface area contributed by atoms with Crippen LogP contribution in [0.25, 0.3) is 6.08 Å². The SMILES string of the molecule is O=C(/C=C/c1ccccc1)Oc1ccc(Br)cc1/C=N\NC(=O)C(=O)Nc1ccccc1C(=O)Nc1ccc(Cl)cc1. The number of hydrazone groups is 1. The summed E-state index contributed by atoms with van der Waals surface area (Å²) in [5.41, 5.74) is 4.08. The Balaban J connectivity index is 1.38. The van der Waals surface area contributed by atoms with Gasteiger partial charge >= 0.3 is 17.8 Å². The number of carbonyl (C=O) groups excluding carboxylic acids is 4. The minimum atomic E-state index is -1.08. The highest BCUT2D eigenvalue weighted by atomic mass is 79.9. The fourth-order valence-electron chi connectivity index (χ4n) is 3.50. The molecule has 0 unspecified atom stereocenters. The highest BCUT2D eigenvalue weighted by Crippen LogP contribution is 2.22. The molecule has 0 bridgehead atoms. The largest absolute Gasteiger partial charge is 0.423 e. The van der Waals surface area contributed by atoms with Crippen molar-refractivity contribution < 1.29 is 23.9 Å². The van der Waals surface area contributed by atoms with Crippen LogP contribution in [0.1, 0.15) is 21.5 Å². The Bertz CT molecular complexity index is 1670. The quantitative estimate of drug-likeness (QED) is 0.0536. The predicted octanol–water partition coefficient (Wildman–Crippen LogP) is 6.06. The zero-order valence-corrected chi connectivity index (χ0v) is 24.1.